The highest BCUT2D eigenvalue weighted by molar-refractivity contribution is 5.88. The van der Waals surface area contributed by atoms with E-state index in [1.165, 1.54) is 6.92 Å². The summed E-state index contributed by atoms with van der Waals surface area (Å²) < 4.78 is 16.0. The van der Waals surface area contributed by atoms with Gasteiger partial charge in [-0.1, -0.05) is 12.1 Å². The quantitative estimate of drug-likeness (QED) is 0.551. The second-order valence-electron chi connectivity index (χ2n) is 5.53. The Morgan fingerprint density at radius 2 is 1.50 bits per heavy atom. The molecule has 0 heterocycles. The highest BCUT2D eigenvalue weighted by Crippen LogP contribution is 2.17. The number of hydrogen-bond acceptors (Lipinski definition) is 5. The fourth-order valence-corrected chi connectivity index (χ4v) is 2.24. The van der Waals surface area contributed by atoms with Gasteiger partial charge in [-0.2, -0.15) is 0 Å². The lowest BCUT2D eigenvalue weighted by molar-refractivity contribution is -0.143. The molecule has 0 aliphatic carbocycles. The number of ether oxygens (including phenoxy) is 3. The average molecular weight is 357 g/mol. The van der Waals surface area contributed by atoms with Gasteiger partial charge in [-0.05, 0) is 48.9 Å². The molecule has 0 aliphatic heterocycles. The SMILES string of the molecule is CCOc1ccc(OCCOC(=O)Cc2ccc(NC(C)=O)cc2)cc1. The van der Waals surface area contributed by atoms with Crippen LogP contribution in [-0.4, -0.2) is 31.7 Å². The monoisotopic (exact) mass is 357 g/mol. The van der Waals surface area contributed by atoms with Crippen LogP contribution in [0.3, 0.4) is 0 Å². The van der Waals surface area contributed by atoms with Crippen molar-refractivity contribution >= 4 is 17.6 Å². The van der Waals surface area contributed by atoms with Crippen molar-refractivity contribution in [1.29, 1.82) is 0 Å². The summed E-state index contributed by atoms with van der Waals surface area (Å²) in [6.07, 6.45) is 0.170. The van der Waals surface area contributed by atoms with Crippen LogP contribution in [-0.2, 0) is 20.7 Å². The Morgan fingerprint density at radius 3 is 2.08 bits per heavy atom. The summed E-state index contributed by atoms with van der Waals surface area (Å²) in [6.45, 7) is 4.44. The number of anilines is 1. The minimum atomic E-state index is -0.326. The van der Waals surface area contributed by atoms with Gasteiger partial charge in [0, 0.05) is 12.6 Å². The highest BCUT2D eigenvalue weighted by Gasteiger charge is 2.06. The number of nitrogens with one attached hydrogen (secondary N) is 1. The highest BCUT2D eigenvalue weighted by atomic mass is 16.6. The average Bonchev–Trinajstić information content (AvgIpc) is 2.62. The Balaban J connectivity index is 1.67. The third-order valence-electron chi connectivity index (χ3n) is 3.37. The molecule has 0 aliphatic rings. The molecule has 0 atom stereocenters. The van der Waals surface area contributed by atoms with Gasteiger partial charge in [-0.15, -0.1) is 0 Å². The molecule has 0 radical (unpaired) electrons. The lowest BCUT2D eigenvalue weighted by atomic mass is 10.1. The Morgan fingerprint density at radius 1 is 0.885 bits per heavy atom. The summed E-state index contributed by atoms with van der Waals surface area (Å²) in [5, 5.41) is 2.67. The molecule has 2 aromatic rings. The van der Waals surface area contributed by atoms with Crippen LogP contribution in [0.5, 0.6) is 11.5 Å². The van der Waals surface area contributed by atoms with Crippen LogP contribution in [0, 0.1) is 0 Å². The lowest BCUT2D eigenvalue weighted by Crippen LogP contribution is -2.14. The van der Waals surface area contributed by atoms with Gasteiger partial charge < -0.3 is 19.5 Å². The van der Waals surface area contributed by atoms with Crippen molar-refractivity contribution < 1.29 is 23.8 Å². The maximum atomic E-state index is 11.8. The smallest absolute Gasteiger partial charge is 0.310 e. The topological polar surface area (TPSA) is 73.9 Å². The first kappa shape index (κ1) is 19.3. The van der Waals surface area contributed by atoms with Crippen molar-refractivity contribution in [2.75, 3.05) is 25.1 Å². The number of rotatable bonds is 9. The zero-order chi connectivity index (χ0) is 18.8. The van der Waals surface area contributed by atoms with E-state index in [-0.39, 0.29) is 31.5 Å². The van der Waals surface area contributed by atoms with Crippen molar-refractivity contribution in [3.8, 4) is 11.5 Å². The molecular formula is C20H23NO5. The van der Waals surface area contributed by atoms with E-state index in [4.69, 9.17) is 14.2 Å². The second-order valence-corrected chi connectivity index (χ2v) is 5.53. The molecule has 0 spiro atoms. The third kappa shape index (κ3) is 6.84. The molecule has 0 aromatic heterocycles. The van der Waals surface area contributed by atoms with Gasteiger partial charge in [0.25, 0.3) is 0 Å². The molecular weight excluding hydrogens is 334 g/mol. The van der Waals surface area contributed by atoms with Crippen LogP contribution in [0.4, 0.5) is 5.69 Å². The van der Waals surface area contributed by atoms with E-state index in [2.05, 4.69) is 5.32 Å². The Kier molecular flexibility index (Phi) is 7.49. The van der Waals surface area contributed by atoms with Gasteiger partial charge >= 0.3 is 5.97 Å². The Labute approximate surface area is 153 Å². The van der Waals surface area contributed by atoms with Gasteiger partial charge in [0.15, 0.2) is 0 Å². The van der Waals surface area contributed by atoms with Crippen LogP contribution < -0.4 is 14.8 Å². The van der Waals surface area contributed by atoms with Gasteiger partial charge in [0.2, 0.25) is 5.91 Å². The summed E-state index contributed by atoms with van der Waals surface area (Å²) in [6, 6.07) is 14.3. The standard InChI is InChI=1S/C20H23NO5/c1-3-24-18-8-10-19(11-9-18)25-12-13-26-20(23)14-16-4-6-17(7-5-16)21-15(2)22/h4-11H,3,12-14H2,1-2H3,(H,21,22). The molecule has 138 valence electrons. The minimum absolute atomic E-state index is 0.135. The van der Waals surface area contributed by atoms with E-state index in [9.17, 15) is 9.59 Å². The first-order valence-corrected chi connectivity index (χ1v) is 8.44. The van der Waals surface area contributed by atoms with Crippen molar-refractivity contribution in [3.63, 3.8) is 0 Å². The van der Waals surface area contributed by atoms with Crippen LogP contribution in [0.2, 0.25) is 0 Å². The first-order valence-electron chi connectivity index (χ1n) is 8.44. The van der Waals surface area contributed by atoms with E-state index in [1.54, 1.807) is 24.3 Å². The van der Waals surface area contributed by atoms with Gasteiger partial charge in [-0.25, -0.2) is 0 Å². The zero-order valence-corrected chi connectivity index (χ0v) is 15.0. The maximum absolute atomic E-state index is 11.8. The van der Waals surface area contributed by atoms with Gasteiger partial charge in [0.1, 0.15) is 24.7 Å². The van der Waals surface area contributed by atoms with Crippen molar-refractivity contribution in [2.24, 2.45) is 0 Å². The molecule has 1 amide bonds. The molecule has 0 bridgehead atoms. The lowest BCUT2D eigenvalue weighted by Gasteiger charge is -2.09. The molecule has 0 fully saturated rings. The minimum Gasteiger partial charge on any atom is -0.494 e. The molecule has 26 heavy (non-hydrogen) atoms. The molecule has 1 N–H and O–H groups in total. The second kappa shape index (κ2) is 10.1. The van der Waals surface area contributed by atoms with E-state index in [0.29, 0.717) is 18.0 Å². The van der Waals surface area contributed by atoms with Crippen molar-refractivity contribution in [2.45, 2.75) is 20.3 Å². The maximum Gasteiger partial charge on any atom is 0.310 e. The Bertz CT molecular complexity index is 710. The van der Waals surface area contributed by atoms with Gasteiger partial charge in [0.05, 0.1) is 13.0 Å². The summed E-state index contributed by atoms with van der Waals surface area (Å²) in [4.78, 5) is 22.8. The molecule has 0 saturated heterocycles. The molecule has 2 rings (SSSR count). The van der Waals surface area contributed by atoms with E-state index >= 15 is 0 Å². The predicted molar refractivity (Wildman–Crippen MR) is 98.5 cm³/mol. The largest absolute Gasteiger partial charge is 0.494 e. The zero-order valence-electron chi connectivity index (χ0n) is 15.0. The van der Waals surface area contributed by atoms with Crippen molar-refractivity contribution in [3.05, 3.63) is 54.1 Å². The van der Waals surface area contributed by atoms with Crippen LogP contribution in [0.1, 0.15) is 19.4 Å². The summed E-state index contributed by atoms with van der Waals surface area (Å²) in [5.74, 6) is 1.02. The first-order chi connectivity index (χ1) is 12.6. The van der Waals surface area contributed by atoms with E-state index in [0.717, 1.165) is 11.3 Å². The summed E-state index contributed by atoms with van der Waals surface area (Å²) in [5.41, 5.74) is 1.51. The van der Waals surface area contributed by atoms with Crippen LogP contribution >= 0.6 is 0 Å². The van der Waals surface area contributed by atoms with Crippen molar-refractivity contribution in [1.82, 2.24) is 0 Å². The van der Waals surface area contributed by atoms with E-state index in [1.807, 2.05) is 31.2 Å². The summed E-state index contributed by atoms with van der Waals surface area (Å²) in [7, 11) is 0. The molecule has 6 heteroatoms. The Hall–Kier alpha value is -3.02. The number of benzene rings is 2. The fourth-order valence-electron chi connectivity index (χ4n) is 2.24. The van der Waals surface area contributed by atoms with Crippen LogP contribution in [0.25, 0.3) is 0 Å². The van der Waals surface area contributed by atoms with Crippen LogP contribution in [0.15, 0.2) is 48.5 Å². The van der Waals surface area contributed by atoms with E-state index < -0.39 is 0 Å². The fraction of sp³-hybridized carbons (Fsp3) is 0.300. The molecule has 2 aromatic carbocycles. The predicted octanol–water partition coefficient (Wildman–Crippen LogP) is 3.21. The normalized spacial score (nSPS) is 10.1. The number of esters is 1. The number of carbonyl (C=O) groups is 2. The third-order valence-corrected chi connectivity index (χ3v) is 3.37. The molecule has 6 nitrogen and oxygen atoms in total. The number of carbonyl (C=O) groups excluding carboxylic acids is 2. The summed E-state index contributed by atoms with van der Waals surface area (Å²) >= 11 is 0. The van der Waals surface area contributed by atoms with Gasteiger partial charge in [-0.3, -0.25) is 9.59 Å². The number of amides is 1. The number of hydrogen-bond donors (Lipinski definition) is 1. The molecule has 0 unspecified atom stereocenters. The molecule has 0 saturated carbocycles.